The van der Waals surface area contributed by atoms with Gasteiger partial charge in [0.25, 0.3) is 10.1 Å². The Labute approximate surface area is 89.1 Å². The minimum Gasteiger partial charge on any atom is -0.492 e. The number of benzene rings is 1. The lowest BCUT2D eigenvalue weighted by Crippen LogP contribution is -2.02. The van der Waals surface area contributed by atoms with Gasteiger partial charge >= 0.3 is 0 Å². The van der Waals surface area contributed by atoms with Crippen LogP contribution in [-0.4, -0.2) is 19.6 Å². The van der Waals surface area contributed by atoms with Crippen LogP contribution < -0.4 is 4.74 Å². The second-order valence-electron chi connectivity index (χ2n) is 2.35. The van der Waals surface area contributed by atoms with E-state index in [9.17, 15) is 8.42 Å². The minimum atomic E-state index is -4.18. The predicted octanol–water partition coefficient (Wildman–Crippen LogP) is 1.75. The van der Waals surface area contributed by atoms with Crippen LogP contribution in [0.3, 0.4) is 0 Å². The Hall–Kier alpha value is -0.780. The van der Waals surface area contributed by atoms with E-state index in [1.54, 1.807) is 13.0 Å². The first-order valence-corrected chi connectivity index (χ1v) is 5.19. The Morgan fingerprint density at radius 1 is 1.36 bits per heavy atom. The van der Waals surface area contributed by atoms with E-state index in [1.165, 1.54) is 18.2 Å². The van der Waals surface area contributed by atoms with Crippen molar-refractivity contribution in [3.8, 4) is 5.75 Å². The highest BCUT2D eigenvalue weighted by Gasteiger charge is 2.14. The van der Waals surface area contributed by atoms with Crippen molar-refractivity contribution in [1.82, 2.24) is 0 Å². The molecule has 1 aromatic rings. The molecule has 0 atom stereocenters. The van der Waals surface area contributed by atoms with Gasteiger partial charge in [0.1, 0.15) is 10.6 Å². The van der Waals surface area contributed by atoms with Crippen molar-refractivity contribution in [2.45, 2.75) is 11.8 Å². The first-order chi connectivity index (χ1) is 6.05. The zero-order chi connectivity index (χ0) is 9.90. The van der Waals surface area contributed by atoms with Crippen LogP contribution in [0.5, 0.6) is 5.75 Å². The highest BCUT2D eigenvalue weighted by atomic mass is 35.5. The summed E-state index contributed by atoms with van der Waals surface area (Å²) in [5.41, 5.74) is 0. The van der Waals surface area contributed by atoms with Gasteiger partial charge in [0, 0.05) is 0 Å². The predicted molar refractivity (Wildman–Crippen MR) is 54.7 cm³/mol. The van der Waals surface area contributed by atoms with Crippen molar-refractivity contribution in [3.05, 3.63) is 24.3 Å². The fourth-order valence-electron chi connectivity index (χ4n) is 0.938. The molecule has 0 aromatic heterocycles. The normalized spacial score (nSPS) is 10.4. The Kier molecular flexibility index (Phi) is 4.90. The van der Waals surface area contributed by atoms with Crippen LogP contribution in [0.1, 0.15) is 6.92 Å². The van der Waals surface area contributed by atoms with Crippen molar-refractivity contribution in [3.63, 3.8) is 0 Å². The Bertz CT molecular complexity index is 388. The molecule has 0 bridgehead atoms. The van der Waals surface area contributed by atoms with Crippen molar-refractivity contribution in [2.75, 3.05) is 6.61 Å². The van der Waals surface area contributed by atoms with E-state index in [2.05, 4.69) is 0 Å². The Morgan fingerprint density at radius 3 is 2.43 bits per heavy atom. The second-order valence-corrected chi connectivity index (χ2v) is 3.74. The second kappa shape index (κ2) is 5.19. The zero-order valence-corrected chi connectivity index (χ0v) is 9.14. The largest absolute Gasteiger partial charge is 0.492 e. The number of rotatable bonds is 3. The molecular formula is C8H11ClO4S. The van der Waals surface area contributed by atoms with Gasteiger partial charge in [0.05, 0.1) is 6.61 Å². The van der Waals surface area contributed by atoms with Crippen LogP contribution in [0, 0.1) is 0 Å². The van der Waals surface area contributed by atoms with Crippen molar-refractivity contribution < 1.29 is 17.7 Å². The molecule has 1 aromatic carbocycles. The molecule has 0 aliphatic heterocycles. The quantitative estimate of drug-likeness (QED) is 0.815. The van der Waals surface area contributed by atoms with Gasteiger partial charge in [-0.25, -0.2) is 0 Å². The van der Waals surface area contributed by atoms with Crippen LogP contribution >= 0.6 is 12.4 Å². The maximum Gasteiger partial charge on any atom is 0.298 e. The third kappa shape index (κ3) is 3.17. The van der Waals surface area contributed by atoms with Crippen molar-refractivity contribution in [1.29, 1.82) is 0 Å². The fraction of sp³-hybridized carbons (Fsp3) is 0.250. The van der Waals surface area contributed by atoms with E-state index in [4.69, 9.17) is 9.29 Å². The Morgan fingerprint density at radius 2 is 1.93 bits per heavy atom. The first-order valence-electron chi connectivity index (χ1n) is 3.75. The molecule has 1 rings (SSSR count). The molecule has 0 amide bonds. The number of halogens is 1. The van der Waals surface area contributed by atoms with Gasteiger partial charge in [-0.1, -0.05) is 12.1 Å². The molecule has 6 heteroatoms. The molecule has 14 heavy (non-hydrogen) atoms. The minimum absolute atomic E-state index is 0. The van der Waals surface area contributed by atoms with Gasteiger partial charge in [-0.15, -0.1) is 12.4 Å². The summed E-state index contributed by atoms with van der Waals surface area (Å²) in [5, 5.41) is 0. The maximum absolute atomic E-state index is 10.8. The maximum atomic E-state index is 10.8. The van der Waals surface area contributed by atoms with Crippen LogP contribution in [0.4, 0.5) is 0 Å². The smallest absolute Gasteiger partial charge is 0.298 e. The lowest BCUT2D eigenvalue weighted by molar-refractivity contribution is 0.329. The van der Waals surface area contributed by atoms with Crippen molar-refractivity contribution in [2.24, 2.45) is 0 Å². The average Bonchev–Trinajstić information content (AvgIpc) is 2.04. The van der Waals surface area contributed by atoms with Gasteiger partial charge in [-0.05, 0) is 19.1 Å². The molecular weight excluding hydrogens is 228 g/mol. The molecule has 0 saturated heterocycles. The van der Waals surface area contributed by atoms with E-state index in [0.29, 0.717) is 6.61 Å². The molecule has 0 heterocycles. The zero-order valence-electron chi connectivity index (χ0n) is 7.50. The summed E-state index contributed by atoms with van der Waals surface area (Å²) >= 11 is 0. The summed E-state index contributed by atoms with van der Waals surface area (Å²) in [6.45, 7) is 2.09. The molecule has 0 spiro atoms. The summed E-state index contributed by atoms with van der Waals surface area (Å²) in [6, 6.07) is 5.94. The summed E-state index contributed by atoms with van der Waals surface area (Å²) in [5.74, 6) is 0.174. The summed E-state index contributed by atoms with van der Waals surface area (Å²) in [4.78, 5) is -0.197. The fourth-order valence-corrected chi connectivity index (χ4v) is 1.57. The van der Waals surface area contributed by atoms with Gasteiger partial charge in [0.15, 0.2) is 0 Å². The standard InChI is InChI=1S/C8H10O4S.ClH/c1-2-12-7-5-3-4-6-8(7)13(9,10)11;/h3-6H,2H2,1H3,(H,9,10,11);1H. The van der Waals surface area contributed by atoms with Crippen LogP contribution in [0.25, 0.3) is 0 Å². The Balaban J connectivity index is 0.00000169. The summed E-state index contributed by atoms with van der Waals surface area (Å²) in [7, 11) is -4.18. The highest BCUT2D eigenvalue weighted by molar-refractivity contribution is 7.86. The molecule has 80 valence electrons. The van der Waals surface area contributed by atoms with Gasteiger partial charge in [0.2, 0.25) is 0 Å². The first kappa shape index (κ1) is 13.2. The molecule has 4 nitrogen and oxygen atoms in total. The molecule has 0 unspecified atom stereocenters. The average molecular weight is 239 g/mol. The molecule has 0 aliphatic rings. The number of hydrogen-bond donors (Lipinski definition) is 1. The van der Waals surface area contributed by atoms with E-state index < -0.39 is 10.1 Å². The third-order valence-corrected chi connectivity index (χ3v) is 2.32. The lowest BCUT2D eigenvalue weighted by Gasteiger charge is -2.06. The highest BCUT2D eigenvalue weighted by Crippen LogP contribution is 2.22. The van der Waals surface area contributed by atoms with E-state index in [1.807, 2.05) is 0 Å². The van der Waals surface area contributed by atoms with E-state index in [0.717, 1.165) is 0 Å². The molecule has 0 aliphatic carbocycles. The molecule has 0 saturated carbocycles. The van der Waals surface area contributed by atoms with Crippen LogP contribution in [-0.2, 0) is 10.1 Å². The van der Waals surface area contributed by atoms with Gasteiger partial charge < -0.3 is 4.74 Å². The monoisotopic (exact) mass is 238 g/mol. The van der Waals surface area contributed by atoms with Crippen LogP contribution in [0.2, 0.25) is 0 Å². The molecule has 0 radical (unpaired) electrons. The molecule has 0 fully saturated rings. The number of para-hydroxylation sites is 1. The topological polar surface area (TPSA) is 63.6 Å². The number of hydrogen-bond acceptors (Lipinski definition) is 3. The third-order valence-electron chi connectivity index (χ3n) is 1.43. The van der Waals surface area contributed by atoms with E-state index in [-0.39, 0.29) is 23.1 Å². The van der Waals surface area contributed by atoms with Crippen LogP contribution in [0.15, 0.2) is 29.2 Å². The summed E-state index contributed by atoms with van der Waals surface area (Å²) in [6.07, 6.45) is 0. The van der Waals surface area contributed by atoms with Gasteiger partial charge in [-0.2, -0.15) is 8.42 Å². The van der Waals surface area contributed by atoms with Gasteiger partial charge in [-0.3, -0.25) is 4.55 Å². The number of ether oxygens (including phenoxy) is 1. The van der Waals surface area contributed by atoms with E-state index >= 15 is 0 Å². The summed E-state index contributed by atoms with van der Waals surface area (Å²) < 4.78 is 35.4. The lowest BCUT2D eigenvalue weighted by atomic mass is 10.3. The SMILES string of the molecule is CCOc1ccccc1S(=O)(=O)O.Cl. The molecule has 1 N–H and O–H groups in total. The van der Waals surface area contributed by atoms with Crippen molar-refractivity contribution >= 4 is 22.5 Å².